The Labute approximate surface area is 151 Å². The molecule has 1 aromatic carbocycles. The second-order valence-electron chi connectivity index (χ2n) is 7.37. The Hall–Kier alpha value is -2.24. The number of amides is 1. The van der Waals surface area contributed by atoms with Gasteiger partial charge >= 0.3 is 6.09 Å². The Bertz CT molecular complexity index is 593. The lowest BCUT2D eigenvalue weighted by Gasteiger charge is -2.26. The fraction of sp³-hybridized carbons (Fsp3) is 0.579. The fourth-order valence-electron chi connectivity index (χ4n) is 2.25. The van der Waals surface area contributed by atoms with Gasteiger partial charge in [-0.05, 0) is 50.8 Å². The molecule has 1 unspecified atom stereocenters. The van der Waals surface area contributed by atoms with Crippen molar-refractivity contribution in [3.05, 3.63) is 29.8 Å². The minimum atomic E-state index is -0.492. The third kappa shape index (κ3) is 8.42. The molecular formula is C19H32N4O2. The molecule has 0 aromatic heterocycles. The molecule has 6 heteroatoms. The Kier molecular flexibility index (Phi) is 7.74. The van der Waals surface area contributed by atoms with E-state index in [0.717, 1.165) is 12.1 Å². The molecule has 0 fully saturated rings. The lowest BCUT2D eigenvalue weighted by Crippen LogP contribution is -2.37. The highest BCUT2D eigenvalue weighted by Gasteiger charge is 2.20. The van der Waals surface area contributed by atoms with E-state index < -0.39 is 5.60 Å². The number of aryl methyl sites for hydroxylation is 1. The number of rotatable bonds is 6. The molecule has 0 spiro atoms. The van der Waals surface area contributed by atoms with Gasteiger partial charge in [0.05, 0.1) is 0 Å². The van der Waals surface area contributed by atoms with Gasteiger partial charge in [0, 0.05) is 25.8 Å². The van der Waals surface area contributed by atoms with Crippen LogP contribution < -0.4 is 11.1 Å². The number of nitrogens with one attached hydrogen (secondary N) is 1. The summed E-state index contributed by atoms with van der Waals surface area (Å²) in [6.45, 7) is 10.8. The number of hydrogen-bond acceptors (Lipinski definition) is 3. The minimum Gasteiger partial charge on any atom is -0.444 e. The van der Waals surface area contributed by atoms with E-state index in [2.05, 4.69) is 29.4 Å². The SMILES string of the molecule is CCc1cccc(NC(N)=NCC(C)CN(C)C(=O)OC(C)(C)C)c1. The Morgan fingerprint density at radius 3 is 2.68 bits per heavy atom. The van der Waals surface area contributed by atoms with Crippen LogP contribution in [0.5, 0.6) is 0 Å². The smallest absolute Gasteiger partial charge is 0.410 e. The lowest BCUT2D eigenvalue weighted by molar-refractivity contribution is 0.0279. The third-order valence-electron chi connectivity index (χ3n) is 3.47. The zero-order valence-electron chi connectivity index (χ0n) is 16.3. The van der Waals surface area contributed by atoms with Crippen molar-refractivity contribution in [3.8, 4) is 0 Å². The van der Waals surface area contributed by atoms with Gasteiger partial charge in [0.25, 0.3) is 0 Å². The summed E-state index contributed by atoms with van der Waals surface area (Å²) in [4.78, 5) is 17.9. The summed E-state index contributed by atoms with van der Waals surface area (Å²) in [5, 5.41) is 3.10. The summed E-state index contributed by atoms with van der Waals surface area (Å²) in [5.74, 6) is 0.542. The molecule has 0 saturated carbocycles. The highest BCUT2D eigenvalue weighted by Crippen LogP contribution is 2.12. The summed E-state index contributed by atoms with van der Waals surface area (Å²) < 4.78 is 5.34. The molecule has 6 nitrogen and oxygen atoms in total. The minimum absolute atomic E-state index is 0.167. The van der Waals surface area contributed by atoms with Crippen molar-refractivity contribution < 1.29 is 9.53 Å². The van der Waals surface area contributed by atoms with Gasteiger partial charge in [-0.15, -0.1) is 0 Å². The molecule has 0 radical (unpaired) electrons. The summed E-state index contributed by atoms with van der Waals surface area (Å²) in [6.07, 6.45) is 0.645. The zero-order chi connectivity index (χ0) is 19.0. The summed E-state index contributed by atoms with van der Waals surface area (Å²) in [5.41, 5.74) is 7.63. The molecule has 0 aliphatic heterocycles. The largest absolute Gasteiger partial charge is 0.444 e. The average molecular weight is 348 g/mol. The van der Waals surface area contributed by atoms with E-state index in [0.29, 0.717) is 19.0 Å². The van der Waals surface area contributed by atoms with Crippen LogP contribution in [0.2, 0.25) is 0 Å². The van der Waals surface area contributed by atoms with Crippen LogP contribution in [0, 0.1) is 5.92 Å². The molecule has 1 amide bonds. The fourth-order valence-corrected chi connectivity index (χ4v) is 2.25. The van der Waals surface area contributed by atoms with Crippen molar-refractivity contribution in [3.63, 3.8) is 0 Å². The number of ether oxygens (including phenoxy) is 1. The van der Waals surface area contributed by atoms with Crippen LogP contribution in [0.25, 0.3) is 0 Å². The summed E-state index contributed by atoms with van der Waals surface area (Å²) in [6, 6.07) is 8.09. The maximum absolute atomic E-state index is 12.0. The summed E-state index contributed by atoms with van der Waals surface area (Å²) in [7, 11) is 1.73. The maximum Gasteiger partial charge on any atom is 0.410 e. The topological polar surface area (TPSA) is 80.0 Å². The van der Waals surface area contributed by atoms with E-state index in [1.807, 2.05) is 39.8 Å². The van der Waals surface area contributed by atoms with Crippen molar-refractivity contribution in [2.45, 2.75) is 46.6 Å². The molecule has 1 atom stereocenters. The van der Waals surface area contributed by atoms with Gasteiger partial charge in [0.1, 0.15) is 5.60 Å². The van der Waals surface area contributed by atoms with Crippen molar-refractivity contribution >= 4 is 17.7 Å². The number of anilines is 1. The van der Waals surface area contributed by atoms with Gasteiger partial charge in [-0.3, -0.25) is 4.99 Å². The predicted octanol–water partition coefficient (Wildman–Crippen LogP) is 3.48. The van der Waals surface area contributed by atoms with E-state index in [-0.39, 0.29) is 12.0 Å². The number of benzene rings is 1. The number of nitrogens with zero attached hydrogens (tertiary/aromatic N) is 2. The van der Waals surface area contributed by atoms with Crippen LogP contribution in [-0.2, 0) is 11.2 Å². The molecule has 0 aliphatic rings. The van der Waals surface area contributed by atoms with Gasteiger partial charge in [0.2, 0.25) is 0 Å². The van der Waals surface area contributed by atoms with Gasteiger partial charge in [-0.25, -0.2) is 4.79 Å². The van der Waals surface area contributed by atoms with Gasteiger partial charge in [-0.2, -0.15) is 0 Å². The quantitative estimate of drug-likeness (QED) is 0.609. The van der Waals surface area contributed by atoms with Crippen LogP contribution in [0.4, 0.5) is 10.5 Å². The molecule has 3 N–H and O–H groups in total. The number of aliphatic imine (C=N–C) groups is 1. The highest BCUT2D eigenvalue weighted by atomic mass is 16.6. The van der Waals surface area contributed by atoms with E-state index >= 15 is 0 Å². The molecule has 1 rings (SSSR count). The third-order valence-corrected chi connectivity index (χ3v) is 3.47. The molecule has 0 aliphatic carbocycles. The first-order valence-electron chi connectivity index (χ1n) is 8.70. The van der Waals surface area contributed by atoms with E-state index in [4.69, 9.17) is 10.5 Å². The van der Waals surface area contributed by atoms with Crippen LogP contribution in [0.15, 0.2) is 29.3 Å². The van der Waals surface area contributed by atoms with Gasteiger partial charge < -0.3 is 20.7 Å². The first kappa shape index (κ1) is 20.8. The number of guanidine groups is 1. The van der Waals surface area contributed by atoms with E-state index in [9.17, 15) is 4.79 Å². The van der Waals surface area contributed by atoms with Crippen molar-refractivity contribution in [2.75, 3.05) is 25.5 Å². The standard InChI is InChI=1S/C19H32N4O2/c1-7-15-9-8-10-16(11-15)22-17(20)21-12-14(2)13-23(6)18(24)25-19(3,4)5/h8-11,14H,7,12-13H2,1-6H3,(H3,20,21,22). The van der Waals surface area contributed by atoms with Crippen molar-refractivity contribution in [1.29, 1.82) is 0 Å². The van der Waals surface area contributed by atoms with E-state index in [1.165, 1.54) is 5.56 Å². The van der Waals surface area contributed by atoms with Crippen LogP contribution >= 0.6 is 0 Å². The normalized spacial score (nSPS) is 13.3. The monoisotopic (exact) mass is 348 g/mol. The average Bonchev–Trinajstić information content (AvgIpc) is 2.51. The van der Waals surface area contributed by atoms with Crippen molar-refractivity contribution in [2.24, 2.45) is 16.6 Å². The van der Waals surface area contributed by atoms with E-state index in [1.54, 1.807) is 11.9 Å². The molecule has 0 bridgehead atoms. The Balaban J connectivity index is 2.49. The number of hydrogen-bond donors (Lipinski definition) is 2. The lowest BCUT2D eigenvalue weighted by atomic mass is 10.1. The van der Waals surface area contributed by atoms with Crippen LogP contribution in [-0.4, -0.2) is 42.7 Å². The highest BCUT2D eigenvalue weighted by molar-refractivity contribution is 5.92. The second-order valence-corrected chi connectivity index (χ2v) is 7.37. The molecule has 0 heterocycles. The van der Waals surface area contributed by atoms with Crippen molar-refractivity contribution in [1.82, 2.24) is 4.90 Å². The van der Waals surface area contributed by atoms with Gasteiger partial charge in [-0.1, -0.05) is 26.0 Å². The van der Waals surface area contributed by atoms with Gasteiger partial charge in [0.15, 0.2) is 5.96 Å². The van der Waals surface area contributed by atoms with Crippen LogP contribution in [0.3, 0.4) is 0 Å². The zero-order valence-corrected chi connectivity index (χ0v) is 16.3. The molecule has 25 heavy (non-hydrogen) atoms. The second kappa shape index (κ2) is 9.30. The molecule has 0 saturated heterocycles. The maximum atomic E-state index is 12.0. The Morgan fingerprint density at radius 1 is 1.40 bits per heavy atom. The summed E-state index contributed by atoms with van der Waals surface area (Å²) >= 11 is 0. The molecule has 1 aromatic rings. The first-order chi connectivity index (χ1) is 11.6. The number of carbonyl (C=O) groups excluding carboxylic acids is 1. The molecule has 140 valence electrons. The first-order valence-corrected chi connectivity index (χ1v) is 8.70. The number of carbonyl (C=O) groups is 1. The van der Waals surface area contributed by atoms with Crippen LogP contribution in [0.1, 0.15) is 40.2 Å². The Morgan fingerprint density at radius 2 is 2.08 bits per heavy atom. The number of nitrogens with two attached hydrogens (primary N) is 1. The molecular weight excluding hydrogens is 316 g/mol. The predicted molar refractivity (Wildman–Crippen MR) is 104 cm³/mol.